The van der Waals surface area contributed by atoms with E-state index in [1.165, 1.54) is 0 Å². The molecule has 0 atom stereocenters. The third-order valence-corrected chi connectivity index (χ3v) is 3.44. The van der Waals surface area contributed by atoms with E-state index in [0.717, 1.165) is 11.3 Å². The minimum Gasteiger partial charge on any atom is -0.392 e. The second-order valence-corrected chi connectivity index (χ2v) is 4.63. The first-order valence-corrected chi connectivity index (χ1v) is 6.02. The summed E-state index contributed by atoms with van der Waals surface area (Å²) in [4.78, 5) is 1.96. The molecule has 0 saturated carbocycles. The highest BCUT2D eigenvalue weighted by Gasteiger charge is 2.41. The smallest absolute Gasteiger partial charge is 0.391 e. The van der Waals surface area contributed by atoms with Gasteiger partial charge in [0.05, 0.1) is 12.5 Å². The van der Waals surface area contributed by atoms with E-state index >= 15 is 0 Å². The molecule has 2 rings (SSSR count). The maximum absolute atomic E-state index is 12.5. The summed E-state index contributed by atoms with van der Waals surface area (Å²) in [5, 5.41) is 8.92. The van der Waals surface area contributed by atoms with E-state index in [1.54, 1.807) is 12.1 Å². The fourth-order valence-electron chi connectivity index (χ4n) is 2.28. The highest BCUT2D eigenvalue weighted by molar-refractivity contribution is 5.47. The zero-order valence-electron chi connectivity index (χ0n) is 9.95. The molecular formula is C13H16F3NO. The Morgan fingerprint density at radius 2 is 1.67 bits per heavy atom. The van der Waals surface area contributed by atoms with Crippen molar-refractivity contribution in [2.45, 2.75) is 25.6 Å². The monoisotopic (exact) mass is 259 g/mol. The molecule has 0 amide bonds. The molecule has 2 nitrogen and oxygen atoms in total. The molecule has 18 heavy (non-hydrogen) atoms. The van der Waals surface area contributed by atoms with E-state index in [9.17, 15) is 13.2 Å². The van der Waals surface area contributed by atoms with Crippen LogP contribution in [0.15, 0.2) is 24.3 Å². The Hall–Kier alpha value is -1.23. The SMILES string of the molecule is OCc1ccc(N2CCC(C(F)(F)F)CC2)cc1. The molecule has 1 fully saturated rings. The lowest BCUT2D eigenvalue weighted by Gasteiger charge is -2.34. The van der Waals surface area contributed by atoms with E-state index in [2.05, 4.69) is 0 Å². The Balaban J connectivity index is 1.96. The zero-order chi connectivity index (χ0) is 13.2. The van der Waals surface area contributed by atoms with Crippen LogP contribution in [0.2, 0.25) is 0 Å². The van der Waals surface area contributed by atoms with Crippen molar-refractivity contribution >= 4 is 5.69 Å². The van der Waals surface area contributed by atoms with E-state index in [1.807, 2.05) is 17.0 Å². The molecule has 0 spiro atoms. The van der Waals surface area contributed by atoms with Gasteiger partial charge in [0.25, 0.3) is 0 Å². The molecule has 0 aromatic heterocycles. The fraction of sp³-hybridized carbons (Fsp3) is 0.538. The summed E-state index contributed by atoms with van der Waals surface area (Å²) in [5.74, 6) is -1.16. The molecule has 1 heterocycles. The largest absolute Gasteiger partial charge is 0.392 e. The molecule has 100 valence electrons. The zero-order valence-corrected chi connectivity index (χ0v) is 9.95. The minimum atomic E-state index is -4.06. The van der Waals surface area contributed by atoms with Gasteiger partial charge in [0.15, 0.2) is 0 Å². The number of alkyl halides is 3. The maximum atomic E-state index is 12.5. The van der Waals surface area contributed by atoms with Crippen molar-refractivity contribution in [3.05, 3.63) is 29.8 Å². The van der Waals surface area contributed by atoms with Gasteiger partial charge >= 0.3 is 6.18 Å². The molecule has 0 bridgehead atoms. The third kappa shape index (κ3) is 2.96. The van der Waals surface area contributed by atoms with Crippen molar-refractivity contribution < 1.29 is 18.3 Å². The van der Waals surface area contributed by atoms with Crippen LogP contribution >= 0.6 is 0 Å². The Bertz CT molecular complexity index is 380. The van der Waals surface area contributed by atoms with Crippen molar-refractivity contribution in [2.24, 2.45) is 5.92 Å². The Labute approximate surface area is 104 Å². The van der Waals surface area contributed by atoms with Crippen molar-refractivity contribution in [1.82, 2.24) is 0 Å². The number of hydrogen-bond donors (Lipinski definition) is 1. The average Bonchev–Trinajstić information content (AvgIpc) is 2.38. The first-order valence-electron chi connectivity index (χ1n) is 6.02. The molecule has 0 unspecified atom stereocenters. The number of rotatable bonds is 2. The number of aliphatic hydroxyl groups excluding tert-OH is 1. The molecule has 1 saturated heterocycles. The summed E-state index contributed by atoms with van der Waals surface area (Å²) in [5.41, 5.74) is 1.73. The lowest BCUT2D eigenvalue weighted by molar-refractivity contribution is -0.179. The van der Waals surface area contributed by atoms with Gasteiger partial charge in [-0.1, -0.05) is 12.1 Å². The molecule has 1 aromatic rings. The molecule has 1 aliphatic heterocycles. The molecular weight excluding hydrogens is 243 g/mol. The lowest BCUT2D eigenvalue weighted by Crippen LogP contribution is -2.38. The first-order chi connectivity index (χ1) is 8.50. The predicted molar refractivity (Wildman–Crippen MR) is 63.4 cm³/mol. The number of benzene rings is 1. The Morgan fingerprint density at radius 3 is 2.11 bits per heavy atom. The molecule has 0 radical (unpaired) electrons. The van der Waals surface area contributed by atoms with E-state index in [-0.39, 0.29) is 19.4 Å². The molecule has 5 heteroatoms. The number of nitrogens with zero attached hydrogens (tertiary/aromatic N) is 1. The van der Waals surface area contributed by atoms with Crippen LogP contribution < -0.4 is 4.90 Å². The first kappa shape index (κ1) is 13.2. The Morgan fingerprint density at radius 1 is 1.11 bits per heavy atom. The second kappa shape index (κ2) is 5.18. The fourth-order valence-corrected chi connectivity index (χ4v) is 2.28. The van der Waals surface area contributed by atoms with Crippen LogP contribution in [0.4, 0.5) is 18.9 Å². The van der Waals surface area contributed by atoms with Gasteiger partial charge in [0, 0.05) is 18.8 Å². The van der Waals surface area contributed by atoms with E-state index < -0.39 is 12.1 Å². The maximum Gasteiger partial charge on any atom is 0.391 e. The van der Waals surface area contributed by atoms with Crippen molar-refractivity contribution in [1.29, 1.82) is 0 Å². The summed E-state index contributed by atoms with van der Waals surface area (Å²) in [6.07, 6.45) is -3.75. The Kier molecular flexibility index (Phi) is 3.80. The van der Waals surface area contributed by atoms with Gasteiger partial charge in [-0.05, 0) is 30.5 Å². The molecule has 1 aromatic carbocycles. The van der Waals surface area contributed by atoms with Gasteiger partial charge in [0.2, 0.25) is 0 Å². The molecule has 0 aliphatic carbocycles. The summed E-state index contributed by atoms with van der Waals surface area (Å²) in [7, 11) is 0. The summed E-state index contributed by atoms with van der Waals surface area (Å²) >= 11 is 0. The standard InChI is InChI=1S/C13H16F3NO/c14-13(15,16)11-5-7-17(8-6-11)12-3-1-10(9-18)2-4-12/h1-4,11,18H,5-9H2. The van der Waals surface area contributed by atoms with Gasteiger partial charge < -0.3 is 10.0 Å². The van der Waals surface area contributed by atoms with Gasteiger partial charge in [-0.25, -0.2) is 0 Å². The predicted octanol–water partition coefficient (Wildman–Crippen LogP) is 2.96. The van der Waals surface area contributed by atoms with Gasteiger partial charge in [0.1, 0.15) is 0 Å². The van der Waals surface area contributed by atoms with Crippen molar-refractivity contribution in [3.8, 4) is 0 Å². The highest BCUT2D eigenvalue weighted by atomic mass is 19.4. The van der Waals surface area contributed by atoms with Crippen LogP contribution in [0.1, 0.15) is 18.4 Å². The number of anilines is 1. The molecule has 1 aliphatic rings. The molecule has 1 N–H and O–H groups in total. The number of halogens is 3. The number of hydrogen-bond acceptors (Lipinski definition) is 2. The summed E-state index contributed by atoms with van der Waals surface area (Å²) in [6.45, 7) is 0.849. The van der Waals surface area contributed by atoms with Crippen molar-refractivity contribution in [2.75, 3.05) is 18.0 Å². The lowest BCUT2D eigenvalue weighted by atomic mass is 9.96. The second-order valence-electron chi connectivity index (χ2n) is 4.63. The van der Waals surface area contributed by atoms with Crippen LogP contribution in [-0.4, -0.2) is 24.4 Å². The van der Waals surface area contributed by atoms with E-state index in [0.29, 0.717) is 13.1 Å². The summed E-state index contributed by atoms with van der Waals surface area (Å²) in [6, 6.07) is 7.29. The van der Waals surface area contributed by atoms with Crippen LogP contribution in [0.3, 0.4) is 0 Å². The van der Waals surface area contributed by atoms with E-state index in [4.69, 9.17) is 5.11 Å². The van der Waals surface area contributed by atoms with Crippen LogP contribution in [-0.2, 0) is 6.61 Å². The van der Waals surface area contributed by atoms with Gasteiger partial charge in [-0.15, -0.1) is 0 Å². The highest BCUT2D eigenvalue weighted by Crippen LogP contribution is 2.35. The van der Waals surface area contributed by atoms with Gasteiger partial charge in [-0.3, -0.25) is 0 Å². The minimum absolute atomic E-state index is 0.0174. The number of aliphatic hydroxyl groups is 1. The van der Waals surface area contributed by atoms with Gasteiger partial charge in [-0.2, -0.15) is 13.2 Å². The van der Waals surface area contributed by atoms with Crippen LogP contribution in [0.5, 0.6) is 0 Å². The average molecular weight is 259 g/mol. The summed E-state index contributed by atoms with van der Waals surface area (Å²) < 4.78 is 37.6. The van der Waals surface area contributed by atoms with Crippen molar-refractivity contribution in [3.63, 3.8) is 0 Å². The topological polar surface area (TPSA) is 23.5 Å². The quantitative estimate of drug-likeness (QED) is 0.882. The number of piperidine rings is 1. The third-order valence-electron chi connectivity index (χ3n) is 3.44. The normalized spacial score (nSPS) is 18.1. The van der Waals surface area contributed by atoms with Crippen LogP contribution in [0, 0.1) is 5.92 Å². The van der Waals surface area contributed by atoms with Crippen LogP contribution in [0.25, 0.3) is 0 Å².